The molecule has 0 unspecified atom stereocenters. The number of carbonyl (C=O) groups is 3. The van der Waals surface area contributed by atoms with Gasteiger partial charge in [-0.2, -0.15) is 0 Å². The van der Waals surface area contributed by atoms with Gasteiger partial charge in [-0.3, -0.25) is 14.4 Å². The van der Waals surface area contributed by atoms with Gasteiger partial charge in [-0.05, 0) is 74.2 Å². The maximum Gasteiger partial charge on any atom is 0.251 e. The first-order valence-corrected chi connectivity index (χ1v) is 11.8. The van der Waals surface area contributed by atoms with Crippen molar-refractivity contribution in [2.45, 2.75) is 51.0 Å². The molecule has 7 heteroatoms. The van der Waals surface area contributed by atoms with Gasteiger partial charge in [-0.15, -0.1) is 0 Å². The lowest BCUT2D eigenvalue weighted by Crippen LogP contribution is -2.48. The molecule has 0 atom stereocenters. The van der Waals surface area contributed by atoms with Gasteiger partial charge in [-0.25, -0.2) is 0 Å². The second-order valence-corrected chi connectivity index (χ2v) is 8.92. The molecule has 2 aliphatic rings. The number of nitrogens with zero attached hydrogens (tertiary/aromatic N) is 1. The Morgan fingerprint density at radius 1 is 0.788 bits per heavy atom. The fraction of sp³-hybridized carbons (Fsp3) is 0.423. The Bertz CT molecular complexity index is 974. The summed E-state index contributed by atoms with van der Waals surface area (Å²) in [4.78, 5) is 38.5. The number of piperidine rings is 1. The van der Waals surface area contributed by atoms with E-state index in [1.807, 2.05) is 4.90 Å². The second-order valence-electron chi connectivity index (χ2n) is 8.92. The lowest BCUT2D eigenvalue weighted by Gasteiger charge is -2.35. The lowest BCUT2D eigenvalue weighted by molar-refractivity contribution is -0.137. The first-order chi connectivity index (χ1) is 16.0. The van der Waals surface area contributed by atoms with Crippen molar-refractivity contribution in [2.24, 2.45) is 11.7 Å². The van der Waals surface area contributed by atoms with E-state index in [2.05, 4.69) is 5.32 Å². The molecule has 4 rings (SSSR count). The van der Waals surface area contributed by atoms with E-state index in [9.17, 15) is 14.4 Å². The van der Waals surface area contributed by atoms with Gasteiger partial charge in [0.1, 0.15) is 11.5 Å². The van der Waals surface area contributed by atoms with Crippen LogP contribution in [0.25, 0.3) is 0 Å². The number of rotatable bonds is 6. The second kappa shape index (κ2) is 10.5. The smallest absolute Gasteiger partial charge is 0.251 e. The van der Waals surface area contributed by atoms with Crippen LogP contribution in [0.3, 0.4) is 0 Å². The Hall–Kier alpha value is -3.35. The van der Waals surface area contributed by atoms with Crippen molar-refractivity contribution in [1.29, 1.82) is 0 Å². The highest BCUT2D eigenvalue weighted by Crippen LogP contribution is 2.27. The molecular weight excluding hydrogens is 418 g/mol. The molecule has 0 bridgehead atoms. The highest BCUT2D eigenvalue weighted by molar-refractivity contribution is 5.94. The van der Waals surface area contributed by atoms with Gasteiger partial charge in [0.05, 0.1) is 0 Å². The van der Waals surface area contributed by atoms with Crippen LogP contribution >= 0.6 is 0 Å². The molecule has 1 heterocycles. The minimum atomic E-state index is -0.488. The number of hydrogen-bond donors (Lipinski definition) is 2. The molecule has 2 fully saturated rings. The van der Waals surface area contributed by atoms with Crippen LogP contribution in [0.15, 0.2) is 48.5 Å². The normalized spacial score (nSPS) is 17.4. The number of likely N-dealkylation sites (tertiary alicyclic amines) is 1. The average Bonchev–Trinajstić information content (AvgIpc) is 2.85. The van der Waals surface area contributed by atoms with Crippen LogP contribution in [0.5, 0.6) is 11.5 Å². The van der Waals surface area contributed by atoms with E-state index in [1.54, 1.807) is 48.5 Å². The van der Waals surface area contributed by atoms with Gasteiger partial charge < -0.3 is 20.7 Å². The fourth-order valence-corrected chi connectivity index (χ4v) is 4.62. The molecule has 3 N–H and O–H groups in total. The van der Waals surface area contributed by atoms with Crippen molar-refractivity contribution in [3.8, 4) is 11.5 Å². The third kappa shape index (κ3) is 5.92. The number of hydrogen-bond acceptors (Lipinski definition) is 4. The monoisotopic (exact) mass is 449 g/mol. The molecule has 33 heavy (non-hydrogen) atoms. The summed E-state index contributed by atoms with van der Waals surface area (Å²) in [5.74, 6) is 1.06. The van der Waals surface area contributed by atoms with E-state index in [-0.39, 0.29) is 17.9 Å². The summed E-state index contributed by atoms with van der Waals surface area (Å²) < 4.78 is 5.76. The Kier molecular flexibility index (Phi) is 7.27. The molecule has 2 aromatic carbocycles. The number of benzene rings is 2. The summed E-state index contributed by atoms with van der Waals surface area (Å²) in [6.07, 6.45) is 7.18. The van der Waals surface area contributed by atoms with Gasteiger partial charge in [-0.1, -0.05) is 19.3 Å². The van der Waals surface area contributed by atoms with Gasteiger partial charge in [0.25, 0.3) is 5.91 Å². The summed E-state index contributed by atoms with van der Waals surface area (Å²) in [7, 11) is 0. The van der Waals surface area contributed by atoms with E-state index in [1.165, 1.54) is 6.42 Å². The SMILES string of the molecule is NC(=O)c1ccc(Oc2ccc(C(=O)NC3CCN(C(=O)C4CCCCC4)CC3)cc2)cc1. The molecule has 3 amide bonds. The Morgan fingerprint density at radius 3 is 1.88 bits per heavy atom. The molecule has 0 spiro atoms. The van der Waals surface area contributed by atoms with E-state index >= 15 is 0 Å². The van der Waals surface area contributed by atoms with Crippen LogP contribution in [0, 0.1) is 5.92 Å². The topological polar surface area (TPSA) is 102 Å². The minimum Gasteiger partial charge on any atom is -0.457 e. The van der Waals surface area contributed by atoms with Crippen LogP contribution in [0.4, 0.5) is 0 Å². The van der Waals surface area contributed by atoms with Crippen molar-refractivity contribution < 1.29 is 19.1 Å². The first-order valence-electron chi connectivity index (χ1n) is 11.8. The summed E-state index contributed by atoms with van der Waals surface area (Å²) >= 11 is 0. The Morgan fingerprint density at radius 2 is 1.33 bits per heavy atom. The quantitative estimate of drug-likeness (QED) is 0.699. The summed E-state index contributed by atoms with van der Waals surface area (Å²) in [6.45, 7) is 1.42. The molecule has 0 aromatic heterocycles. The number of nitrogens with one attached hydrogen (secondary N) is 1. The van der Waals surface area contributed by atoms with E-state index in [0.29, 0.717) is 41.6 Å². The van der Waals surface area contributed by atoms with Crippen LogP contribution < -0.4 is 15.8 Å². The Labute approximate surface area is 194 Å². The average molecular weight is 450 g/mol. The maximum absolute atomic E-state index is 12.7. The maximum atomic E-state index is 12.7. The number of ether oxygens (including phenoxy) is 1. The zero-order chi connectivity index (χ0) is 23.2. The number of primary amides is 1. The minimum absolute atomic E-state index is 0.0765. The molecule has 2 aromatic rings. The van der Waals surface area contributed by atoms with Gasteiger partial charge in [0, 0.05) is 36.2 Å². The third-order valence-corrected chi connectivity index (χ3v) is 6.59. The molecule has 7 nitrogen and oxygen atoms in total. The number of nitrogens with two attached hydrogens (primary N) is 1. The van der Waals surface area contributed by atoms with Crippen LogP contribution in [0.1, 0.15) is 65.7 Å². The Balaban J connectivity index is 1.25. The predicted octanol–water partition coefficient (Wildman–Crippen LogP) is 3.88. The highest BCUT2D eigenvalue weighted by Gasteiger charge is 2.29. The van der Waals surface area contributed by atoms with Gasteiger partial charge >= 0.3 is 0 Å². The zero-order valence-corrected chi connectivity index (χ0v) is 18.8. The highest BCUT2D eigenvalue weighted by atomic mass is 16.5. The van der Waals surface area contributed by atoms with Crippen LogP contribution in [-0.2, 0) is 4.79 Å². The molecule has 174 valence electrons. The van der Waals surface area contributed by atoms with Crippen molar-refractivity contribution in [1.82, 2.24) is 10.2 Å². The van der Waals surface area contributed by atoms with Crippen LogP contribution in [-0.4, -0.2) is 41.8 Å². The summed E-state index contributed by atoms with van der Waals surface area (Å²) in [5, 5.41) is 3.10. The van der Waals surface area contributed by atoms with Crippen molar-refractivity contribution >= 4 is 17.7 Å². The van der Waals surface area contributed by atoms with E-state index in [4.69, 9.17) is 10.5 Å². The standard InChI is InChI=1S/C26H31N3O4/c27-24(30)18-6-10-22(11-7-18)33-23-12-8-19(9-13-23)25(31)28-21-14-16-29(17-15-21)26(32)20-4-2-1-3-5-20/h6-13,20-21H,1-5,14-17H2,(H2,27,30)(H,28,31). The van der Waals surface area contributed by atoms with Crippen molar-refractivity contribution in [3.63, 3.8) is 0 Å². The largest absolute Gasteiger partial charge is 0.457 e. The van der Waals surface area contributed by atoms with Crippen molar-refractivity contribution in [3.05, 3.63) is 59.7 Å². The number of carbonyl (C=O) groups excluding carboxylic acids is 3. The molecule has 1 aliphatic heterocycles. The van der Waals surface area contributed by atoms with Crippen molar-refractivity contribution in [2.75, 3.05) is 13.1 Å². The first kappa shape index (κ1) is 22.8. The summed E-state index contributed by atoms with van der Waals surface area (Å²) in [6, 6.07) is 13.6. The predicted molar refractivity (Wildman–Crippen MR) is 125 cm³/mol. The fourth-order valence-electron chi connectivity index (χ4n) is 4.62. The van der Waals surface area contributed by atoms with Crippen LogP contribution in [0.2, 0.25) is 0 Å². The molecule has 1 aliphatic carbocycles. The zero-order valence-electron chi connectivity index (χ0n) is 18.8. The molecule has 0 radical (unpaired) electrons. The van der Waals surface area contributed by atoms with E-state index in [0.717, 1.165) is 38.5 Å². The lowest BCUT2D eigenvalue weighted by atomic mass is 9.87. The summed E-state index contributed by atoms with van der Waals surface area (Å²) in [5.41, 5.74) is 6.22. The molecular formula is C26H31N3O4. The van der Waals surface area contributed by atoms with E-state index < -0.39 is 5.91 Å². The number of amides is 3. The van der Waals surface area contributed by atoms with Gasteiger partial charge in [0.2, 0.25) is 11.8 Å². The van der Waals surface area contributed by atoms with Gasteiger partial charge in [0.15, 0.2) is 0 Å². The molecule has 1 saturated heterocycles. The third-order valence-electron chi connectivity index (χ3n) is 6.59. The molecule has 1 saturated carbocycles.